The van der Waals surface area contributed by atoms with Gasteiger partial charge in [-0.2, -0.15) is 0 Å². The number of aliphatic carboxylic acids is 1. The number of esters is 1. The maximum Gasteiger partial charge on any atom is 0.407 e. The molecule has 0 aromatic carbocycles. The SMILES string of the molecule is C=C(C)C(=O)OCCNC(=O)OCCC(=O)O. The first-order valence-electron chi connectivity index (χ1n) is 4.88. The monoisotopic (exact) mass is 245 g/mol. The van der Waals surface area contributed by atoms with E-state index in [0.29, 0.717) is 0 Å². The summed E-state index contributed by atoms with van der Waals surface area (Å²) in [7, 11) is 0. The number of carboxylic acid groups (broad SMARTS) is 1. The molecule has 1 amide bonds. The van der Waals surface area contributed by atoms with Crippen molar-refractivity contribution in [3.05, 3.63) is 12.2 Å². The molecule has 0 aromatic rings. The number of rotatable bonds is 7. The number of ether oxygens (including phenoxy) is 2. The van der Waals surface area contributed by atoms with Crippen molar-refractivity contribution in [2.75, 3.05) is 19.8 Å². The largest absolute Gasteiger partial charge is 0.481 e. The third-order valence-corrected chi connectivity index (χ3v) is 1.50. The molecular formula is C10H15NO6. The number of alkyl carbamates (subject to hydrolysis) is 1. The van der Waals surface area contributed by atoms with Crippen LogP contribution in [-0.2, 0) is 19.1 Å². The number of carbonyl (C=O) groups is 3. The van der Waals surface area contributed by atoms with Crippen molar-refractivity contribution >= 4 is 18.0 Å². The summed E-state index contributed by atoms with van der Waals surface area (Å²) in [5, 5.41) is 10.6. The third kappa shape index (κ3) is 8.91. The van der Waals surface area contributed by atoms with E-state index in [-0.39, 0.29) is 31.8 Å². The van der Waals surface area contributed by atoms with Crippen LogP contribution in [0.25, 0.3) is 0 Å². The molecule has 0 aliphatic heterocycles. The zero-order valence-electron chi connectivity index (χ0n) is 9.52. The van der Waals surface area contributed by atoms with Crippen molar-refractivity contribution in [3.8, 4) is 0 Å². The second-order valence-electron chi connectivity index (χ2n) is 3.12. The lowest BCUT2D eigenvalue weighted by molar-refractivity contribution is -0.139. The van der Waals surface area contributed by atoms with Gasteiger partial charge >= 0.3 is 18.0 Å². The van der Waals surface area contributed by atoms with Crippen LogP contribution < -0.4 is 5.32 Å². The topological polar surface area (TPSA) is 102 Å². The van der Waals surface area contributed by atoms with Gasteiger partial charge in [-0.05, 0) is 6.92 Å². The zero-order chi connectivity index (χ0) is 13.3. The van der Waals surface area contributed by atoms with Gasteiger partial charge in [0, 0.05) is 5.57 Å². The van der Waals surface area contributed by atoms with E-state index in [0.717, 1.165) is 0 Å². The van der Waals surface area contributed by atoms with Gasteiger partial charge in [0.15, 0.2) is 0 Å². The summed E-state index contributed by atoms with van der Waals surface area (Å²) in [6, 6.07) is 0. The fraction of sp³-hybridized carbons (Fsp3) is 0.500. The Balaban J connectivity index is 3.48. The molecule has 0 fully saturated rings. The van der Waals surface area contributed by atoms with Gasteiger partial charge in [-0.3, -0.25) is 4.79 Å². The molecular weight excluding hydrogens is 230 g/mol. The molecule has 0 atom stereocenters. The summed E-state index contributed by atoms with van der Waals surface area (Å²) in [4.78, 5) is 31.9. The standard InChI is InChI=1S/C10H15NO6/c1-7(2)9(14)16-6-4-11-10(15)17-5-3-8(12)13/h1,3-6H2,2H3,(H,11,15)(H,12,13). The van der Waals surface area contributed by atoms with Crippen molar-refractivity contribution in [3.63, 3.8) is 0 Å². The number of carbonyl (C=O) groups excluding carboxylic acids is 2. The molecule has 96 valence electrons. The van der Waals surface area contributed by atoms with Crippen LogP contribution in [0, 0.1) is 0 Å². The van der Waals surface area contributed by atoms with Gasteiger partial charge in [-0.25, -0.2) is 9.59 Å². The molecule has 0 heterocycles. The van der Waals surface area contributed by atoms with Crippen LogP contribution in [0.4, 0.5) is 4.79 Å². The highest BCUT2D eigenvalue weighted by molar-refractivity contribution is 5.86. The third-order valence-electron chi connectivity index (χ3n) is 1.50. The molecule has 0 saturated carbocycles. The molecule has 0 saturated heterocycles. The van der Waals surface area contributed by atoms with Crippen molar-refractivity contribution in [2.24, 2.45) is 0 Å². The van der Waals surface area contributed by atoms with E-state index in [1.54, 1.807) is 0 Å². The smallest absolute Gasteiger partial charge is 0.407 e. The Bertz CT molecular complexity index is 312. The van der Waals surface area contributed by atoms with Gasteiger partial charge in [0.25, 0.3) is 0 Å². The van der Waals surface area contributed by atoms with E-state index in [2.05, 4.69) is 16.6 Å². The van der Waals surface area contributed by atoms with Gasteiger partial charge in [-0.1, -0.05) is 6.58 Å². The molecule has 0 aliphatic carbocycles. The minimum atomic E-state index is -1.05. The summed E-state index contributed by atoms with van der Waals surface area (Å²) in [5.74, 6) is -1.58. The van der Waals surface area contributed by atoms with E-state index in [4.69, 9.17) is 9.84 Å². The second kappa shape index (κ2) is 8.14. The van der Waals surface area contributed by atoms with E-state index in [9.17, 15) is 14.4 Å². The minimum absolute atomic E-state index is 0.000274. The van der Waals surface area contributed by atoms with Crippen LogP contribution in [0.5, 0.6) is 0 Å². The Morgan fingerprint density at radius 3 is 2.41 bits per heavy atom. The molecule has 0 bridgehead atoms. The highest BCUT2D eigenvalue weighted by Crippen LogP contribution is 1.90. The fourth-order valence-corrected chi connectivity index (χ4v) is 0.702. The predicted octanol–water partition coefficient (Wildman–Crippen LogP) is 0.307. The molecule has 2 N–H and O–H groups in total. The first kappa shape index (κ1) is 14.9. The van der Waals surface area contributed by atoms with Crippen LogP contribution in [0.3, 0.4) is 0 Å². The second-order valence-corrected chi connectivity index (χ2v) is 3.12. The summed E-state index contributed by atoms with van der Waals surface area (Å²) in [6.45, 7) is 4.78. The number of hydrogen-bond acceptors (Lipinski definition) is 5. The first-order valence-corrected chi connectivity index (χ1v) is 4.88. The van der Waals surface area contributed by atoms with Crippen molar-refractivity contribution < 1.29 is 29.0 Å². The Morgan fingerprint density at radius 1 is 1.24 bits per heavy atom. The summed E-state index contributed by atoms with van der Waals surface area (Å²) in [5.41, 5.74) is 0.272. The van der Waals surface area contributed by atoms with Gasteiger partial charge in [0.1, 0.15) is 13.2 Å². The lowest BCUT2D eigenvalue weighted by Gasteiger charge is -2.06. The summed E-state index contributed by atoms with van der Waals surface area (Å²) >= 11 is 0. The maximum atomic E-state index is 10.9. The molecule has 0 unspecified atom stereocenters. The van der Waals surface area contributed by atoms with Crippen molar-refractivity contribution in [1.82, 2.24) is 5.32 Å². The quantitative estimate of drug-likeness (QED) is 0.380. The van der Waals surface area contributed by atoms with Gasteiger partial charge in [0.05, 0.1) is 13.0 Å². The lowest BCUT2D eigenvalue weighted by atomic mass is 10.4. The van der Waals surface area contributed by atoms with Crippen LogP contribution in [0.1, 0.15) is 13.3 Å². The van der Waals surface area contributed by atoms with E-state index < -0.39 is 18.0 Å². The molecule has 17 heavy (non-hydrogen) atoms. The molecule has 0 radical (unpaired) electrons. The highest BCUT2D eigenvalue weighted by atomic mass is 16.6. The molecule has 7 nitrogen and oxygen atoms in total. The Kier molecular flexibility index (Phi) is 7.16. The van der Waals surface area contributed by atoms with Crippen LogP contribution in [0.2, 0.25) is 0 Å². The number of nitrogens with one attached hydrogen (secondary N) is 1. The first-order chi connectivity index (χ1) is 7.93. The molecule has 0 spiro atoms. The lowest BCUT2D eigenvalue weighted by Crippen LogP contribution is -2.29. The van der Waals surface area contributed by atoms with Crippen LogP contribution in [0.15, 0.2) is 12.2 Å². The maximum absolute atomic E-state index is 10.9. The Morgan fingerprint density at radius 2 is 1.88 bits per heavy atom. The van der Waals surface area contributed by atoms with Crippen molar-refractivity contribution in [2.45, 2.75) is 13.3 Å². The molecule has 0 aliphatic rings. The van der Waals surface area contributed by atoms with E-state index >= 15 is 0 Å². The average Bonchev–Trinajstić information content (AvgIpc) is 2.23. The van der Waals surface area contributed by atoms with E-state index in [1.165, 1.54) is 6.92 Å². The van der Waals surface area contributed by atoms with Gasteiger partial charge in [-0.15, -0.1) is 0 Å². The number of amides is 1. The van der Waals surface area contributed by atoms with Gasteiger partial charge in [0.2, 0.25) is 0 Å². The summed E-state index contributed by atoms with van der Waals surface area (Å²) in [6.07, 6.45) is -1.00. The Hall–Kier alpha value is -2.05. The van der Waals surface area contributed by atoms with E-state index in [1.807, 2.05) is 0 Å². The zero-order valence-corrected chi connectivity index (χ0v) is 9.52. The fourth-order valence-electron chi connectivity index (χ4n) is 0.702. The molecule has 7 heteroatoms. The predicted molar refractivity (Wildman–Crippen MR) is 57.4 cm³/mol. The number of hydrogen-bond donors (Lipinski definition) is 2. The highest BCUT2D eigenvalue weighted by Gasteiger charge is 2.05. The van der Waals surface area contributed by atoms with Crippen molar-refractivity contribution in [1.29, 1.82) is 0 Å². The average molecular weight is 245 g/mol. The Labute approximate surface area is 98.4 Å². The molecule has 0 aromatic heterocycles. The number of carboxylic acids is 1. The van der Waals surface area contributed by atoms with Crippen LogP contribution in [-0.4, -0.2) is 42.9 Å². The normalized spacial score (nSPS) is 9.24. The van der Waals surface area contributed by atoms with Crippen LogP contribution >= 0.6 is 0 Å². The molecule has 0 rings (SSSR count). The van der Waals surface area contributed by atoms with Gasteiger partial charge < -0.3 is 19.9 Å². The summed E-state index contributed by atoms with van der Waals surface area (Å²) < 4.78 is 9.21. The minimum Gasteiger partial charge on any atom is -0.481 e.